The average molecular weight is 303 g/mol. The van der Waals surface area contributed by atoms with E-state index in [2.05, 4.69) is 14.9 Å². The lowest BCUT2D eigenvalue weighted by molar-refractivity contribution is 0.126. The van der Waals surface area contributed by atoms with Gasteiger partial charge in [-0.1, -0.05) is 19.0 Å². The molecule has 1 aromatic rings. The molecular formula is C12H21N3O4S. The third-order valence-electron chi connectivity index (χ3n) is 3.35. The number of nitrogens with one attached hydrogen (secondary N) is 1. The van der Waals surface area contributed by atoms with Gasteiger partial charge in [0.15, 0.2) is 5.82 Å². The Balaban J connectivity index is 1.85. The van der Waals surface area contributed by atoms with Crippen molar-refractivity contribution in [3.8, 4) is 0 Å². The van der Waals surface area contributed by atoms with Crippen LogP contribution in [-0.4, -0.2) is 43.1 Å². The summed E-state index contributed by atoms with van der Waals surface area (Å²) in [6.45, 7) is 6.47. The van der Waals surface area contributed by atoms with Crippen LogP contribution in [0.5, 0.6) is 0 Å². The van der Waals surface area contributed by atoms with E-state index in [1.165, 1.54) is 0 Å². The van der Waals surface area contributed by atoms with Gasteiger partial charge in [-0.3, -0.25) is 0 Å². The van der Waals surface area contributed by atoms with Gasteiger partial charge in [-0.25, -0.2) is 13.1 Å². The van der Waals surface area contributed by atoms with E-state index in [-0.39, 0.29) is 18.6 Å². The lowest BCUT2D eigenvalue weighted by Crippen LogP contribution is -2.39. The van der Waals surface area contributed by atoms with Gasteiger partial charge in [0, 0.05) is 25.5 Å². The quantitative estimate of drug-likeness (QED) is 0.836. The van der Waals surface area contributed by atoms with Crippen molar-refractivity contribution in [3.05, 3.63) is 11.7 Å². The summed E-state index contributed by atoms with van der Waals surface area (Å²) >= 11 is 0. The van der Waals surface area contributed by atoms with Gasteiger partial charge < -0.3 is 9.26 Å². The first kappa shape index (κ1) is 15.4. The first-order valence-corrected chi connectivity index (χ1v) is 8.37. The van der Waals surface area contributed by atoms with E-state index in [9.17, 15) is 8.42 Å². The molecule has 1 aliphatic heterocycles. The van der Waals surface area contributed by atoms with Crippen molar-refractivity contribution in [1.29, 1.82) is 0 Å². The van der Waals surface area contributed by atoms with E-state index in [4.69, 9.17) is 9.26 Å². The molecule has 2 heterocycles. The summed E-state index contributed by atoms with van der Waals surface area (Å²) in [5.74, 6) is 1.29. The molecule has 0 radical (unpaired) electrons. The summed E-state index contributed by atoms with van der Waals surface area (Å²) in [6, 6.07) is 0. The summed E-state index contributed by atoms with van der Waals surface area (Å²) in [7, 11) is -3.35. The predicted molar refractivity (Wildman–Crippen MR) is 72.8 cm³/mol. The molecule has 0 spiro atoms. The van der Waals surface area contributed by atoms with Gasteiger partial charge in [-0.05, 0) is 13.3 Å². The first-order valence-electron chi connectivity index (χ1n) is 6.82. The van der Waals surface area contributed by atoms with Crippen LogP contribution < -0.4 is 4.72 Å². The zero-order chi connectivity index (χ0) is 14.8. The Labute approximate surface area is 119 Å². The Hall–Kier alpha value is -0.990. The molecule has 0 bridgehead atoms. The molecule has 7 nitrogen and oxygen atoms in total. The molecule has 1 aliphatic rings. The molecule has 0 aromatic carbocycles. The van der Waals surface area contributed by atoms with Crippen molar-refractivity contribution in [2.75, 3.05) is 13.2 Å². The molecule has 0 amide bonds. The highest BCUT2D eigenvalue weighted by atomic mass is 32.2. The molecule has 1 aromatic heterocycles. The van der Waals surface area contributed by atoms with Crippen molar-refractivity contribution in [1.82, 2.24) is 14.9 Å². The SMILES string of the molecule is CC(C)c1noc(CCNS(=O)(=O)C2CCOC2C)n1. The smallest absolute Gasteiger partial charge is 0.227 e. The minimum absolute atomic E-state index is 0.195. The Morgan fingerprint density at radius 1 is 1.45 bits per heavy atom. The summed E-state index contributed by atoms with van der Waals surface area (Å²) < 4.78 is 37.1. The second-order valence-corrected chi connectivity index (χ2v) is 7.28. The second kappa shape index (κ2) is 6.19. The second-order valence-electron chi connectivity index (χ2n) is 5.29. The number of rotatable bonds is 6. The molecule has 0 saturated carbocycles. The zero-order valence-electron chi connectivity index (χ0n) is 12.0. The molecule has 2 atom stereocenters. The highest BCUT2D eigenvalue weighted by Gasteiger charge is 2.35. The van der Waals surface area contributed by atoms with Crippen LogP contribution in [0.25, 0.3) is 0 Å². The van der Waals surface area contributed by atoms with E-state index < -0.39 is 15.3 Å². The fourth-order valence-corrected chi connectivity index (χ4v) is 3.72. The third-order valence-corrected chi connectivity index (χ3v) is 5.37. The Kier molecular flexibility index (Phi) is 4.77. The van der Waals surface area contributed by atoms with Gasteiger partial charge in [0.2, 0.25) is 15.9 Å². The molecule has 1 saturated heterocycles. The molecule has 1 fully saturated rings. The summed E-state index contributed by atoms with van der Waals surface area (Å²) in [6.07, 6.45) is 0.665. The van der Waals surface area contributed by atoms with E-state index in [1.54, 1.807) is 6.92 Å². The van der Waals surface area contributed by atoms with E-state index in [0.717, 1.165) is 0 Å². The fraction of sp³-hybridized carbons (Fsp3) is 0.833. The lowest BCUT2D eigenvalue weighted by atomic mass is 10.2. The number of ether oxygens (including phenoxy) is 1. The molecule has 114 valence electrons. The number of hydrogen-bond acceptors (Lipinski definition) is 6. The summed E-state index contributed by atoms with van der Waals surface area (Å²) in [5.41, 5.74) is 0. The van der Waals surface area contributed by atoms with Crippen LogP contribution in [0.15, 0.2) is 4.52 Å². The maximum Gasteiger partial charge on any atom is 0.227 e. The van der Waals surface area contributed by atoms with Crippen molar-refractivity contribution in [3.63, 3.8) is 0 Å². The number of hydrogen-bond donors (Lipinski definition) is 1. The number of nitrogens with zero attached hydrogens (tertiary/aromatic N) is 2. The highest BCUT2D eigenvalue weighted by Crippen LogP contribution is 2.19. The van der Waals surface area contributed by atoms with Gasteiger partial charge in [-0.15, -0.1) is 0 Å². The average Bonchev–Trinajstić information content (AvgIpc) is 2.97. The Bertz CT molecular complexity index is 541. The van der Waals surface area contributed by atoms with E-state index >= 15 is 0 Å². The standard InChI is InChI=1S/C12H21N3O4S/c1-8(2)12-14-11(19-15-12)4-6-13-20(16,17)10-5-7-18-9(10)3/h8-10,13H,4-7H2,1-3H3. The molecule has 1 N–H and O–H groups in total. The maximum absolute atomic E-state index is 12.1. The normalized spacial score (nSPS) is 23.6. The van der Waals surface area contributed by atoms with E-state index in [1.807, 2.05) is 13.8 Å². The van der Waals surface area contributed by atoms with Crippen LogP contribution in [0.3, 0.4) is 0 Å². The Morgan fingerprint density at radius 2 is 2.20 bits per heavy atom. The minimum atomic E-state index is -3.35. The number of sulfonamides is 1. The van der Waals surface area contributed by atoms with E-state index in [0.29, 0.717) is 31.2 Å². The van der Waals surface area contributed by atoms with Crippen molar-refractivity contribution in [2.45, 2.75) is 50.9 Å². The lowest BCUT2D eigenvalue weighted by Gasteiger charge is -2.15. The third kappa shape index (κ3) is 3.56. The monoisotopic (exact) mass is 303 g/mol. The molecule has 0 aliphatic carbocycles. The molecular weight excluding hydrogens is 282 g/mol. The van der Waals surface area contributed by atoms with Gasteiger partial charge in [0.25, 0.3) is 0 Å². The van der Waals surface area contributed by atoms with Gasteiger partial charge in [-0.2, -0.15) is 4.98 Å². The van der Waals surface area contributed by atoms with Crippen molar-refractivity contribution < 1.29 is 17.7 Å². The first-order chi connectivity index (χ1) is 9.40. The van der Waals surface area contributed by atoms with Gasteiger partial charge >= 0.3 is 0 Å². The summed E-state index contributed by atoms with van der Waals surface area (Å²) in [5, 5.41) is 3.36. The molecule has 8 heteroatoms. The molecule has 20 heavy (non-hydrogen) atoms. The molecule has 2 rings (SSSR count). The molecule has 2 unspecified atom stereocenters. The van der Waals surface area contributed by atoms with Crippen LogP contribution in [0, 0.1) is 0 Å². The minimum Gasteiger partial charge on any atom is -0.377 e. The van der Waals surface area contributed by atoms with Crippen molar-refractivity contribution >= 4 is 10.0 Å². The largest absolute Gasteiger partial charge is 0.377 e. The van der Waals surface area contributed by atoms with Gasteiger partial charge in [0.05, 0.1) is 6.10 Å². The topological polar surface area (TPSA) is 94.3 Å². The van der Waals surface area contributed by atoms with Crippen molar-refractivity contribution in [2.24, 2.45) is 0 Å². The predicted octanol–water partition coefficient (Wildman–Crippen LogP) is 0.832. The zero-order valence-corrected chi connectivity index (χ0v) is 12.8. The van der Waals surface area contributed by atoms with Crippen LogP contribution >= 0.6 is 0 Å². The van der Waals surface area contributed by atoms with Crippen LogP contribution in [0.2, 0.25) is 0 Å². The highest BCUT2D eigenvalue weighted by molar-refractivity contribution is 7.90. The van der Waals surface area contributed by atoms with Crippen LogP contribution in [-0.2, 0) is 21.2 Å². The number of aromatic nitrogens is 2. The maximum atomic E-state index is 12.1. The summed E-state index contributed by atoms with van der Waals surface area (Å²) in [4.78, 5) is 4.20. The Morgan fingerprint density at radius 3 is 2.75 bits per heavy atom. The van der Waals surface area contributed by atoms with Gasteiger partial charge in [0.1, 0.15) is 5.25 Å². The van der Waals surface area contributed by atoms with Crippen LogP contribution in [0.4, 0.5) is 0 Å². The fourth-order valence-electron chi connectivity index (χ4n) is 2.13. The van der Waals surface area contributed by atoms with Crippen LogP contribution in [0.1, 0.15) is 44.8 Å².